The van der Waals surface area contributed by atoms with Gasteiger partial charge in [0, 0.05) is 6.20 Å². The van der Waals surface area contributed by atoms with Gasteiger partial charge >= 0.3 is 0 Å². The minimum Gasteiger partial charge on any atom is -0.467 e. The standard InChI is InChI=1S/C22H21N5O2S/c1-15-7-5-10-19(16(15)2)27-21(18-9-3-4-11-23-18)25-26-22(27)30-14-20(28)24-13-17-8-6-12-29-17/h3-12H,13-14H2,1-2H3,(H,24,28). The zero-order valence-corrected chi connectivity index (χ0v) is 17.5. The van der Waals surface area contributed by atoms with Gasteiger partial charge in [-0.1, -0.05) is 30.0 Å². The molecule has 0 spiro atoms. The largest absolute Gasteiger partial charge is 0.467 e. The second kappa shape index (κ2) is 8.96. The lowest BCUT2D eigenvalue weighted by Gasteiger charge is -2.14. The smallest absolute Gasteiger partial charge is 0.230 e. The van der Waals surface area contributed by atoms with E-state index in [1.165, 1.54) is 17.3 Å². The van der Waals surface area contributed by atoms with Crippen molar-refractivity contribution in [2.45, 2.75) is 25.5 Å². The molecule has 1 N–H and O–H groups in total. The van der Waals surface area contributed by atoms with E-state index in [0.717, 1.165) is 16.9 Å². The third kappa shape index (κ3) is 4.28. The van der Waals surface area contributed by atoms with Crippen LogP contribution in [0.2, 0.25) is 0 Å². The Kier molecular flexibility index (Phi) is 5.94. The SMILES string of the molecule is Cc1cccc(-n2c(SCC(=O)NCc3ccco3)nnc2-c2ccccn2)c1C. The lowest BCUT2D eigenvalue weighted by molar-refractivity contribution is -0.118. The van der Waals surface area contributed by atoms with Gasteiger partial charge in [0.25, 0.3) is 0 Å². The van der Waals surface area contributed by atoms with E-state index < -0.39 is 0 Å². The molecule has 8 heteroatoms. The van der Waals surface area contributed by atoms with Gasteiger partial charge in [-0.25, -0.2) is 0 Å². The number of carbonyl (C=O) groups is 1. The van der Waals surface area contributed by atoms with Gasteiger partial charge in [-0.15, -0.1) is 10.2 Å². The Bertz CT molecular complexity index is 1140. The molecular formula is C22H21N5O2S. The number of hydrogen-bond acceptors (Lipinski definition) is 6. The van der Waals surface area contributed by atoms with Crippen molar-refractivity contribution in [3.05, 3.63) is 77.9 Å². The van der Waals surface area contributed by atoms with Crippen molar-refractivity contribution in [3.63, 3.8) is 0 Å². The monoisotopic (exact) mass is 419 g/mol. The van der Waals surface area contributed by atoms with Gasteiger partial charge in [-0.3, -0.25) is 14.3 Å². The molecule has 0 fully saturated rings. The summed E-state index contributed by atoms with van der Waals surface area (Å²) in [4.78, 5) is 16.7. The van der Waals surface area contributed by atoms with E-state index in [2.05, 4.69) is 40.4 Å². The van der Waals surface area contributed by atoms with Crippen LogP contribution in [0, 0.1) is 13.8 Å². The molecule has 0 aliphatic rings. The van der Waals surface area contributed by atoms with E-state index >= 15 is 0 Å². The molecule has 4 aromatic rings. The summed E-state index contributed by atoms with van der Waals surface area (Å²) in [6, 6.07) is 15.4. The first-order valence-corrected chi connectivity index (χ1v) is 10.5. The van der Waals surface area contributed by atoms with E-state index in [1.54, 1.807) is 18.5 Å². The Balaban J connectivity index is 1.60. The molecule has 1 amide bonds. The lowest BCUT2D eigenvalue weighted by Crippen LogP contribution is -2.24. The number of hydrogen-bond donors (Lipinski definition) is 1. The molecule has 0 atom stereocenters. The van der Waals surface area contributed by atoms with Crippen LogP contribution in [-0.2, 0) is 11.3 Å². The highest BCUT2D eigenvalue weighted by Crippen LogP contribution is 2.29. The second-order valence-electron chi connectivity index (χ2n) is 6.72. The van der Waals surface area contributed by atoms with Crippen LogP contribution in [0.1, 0.15) is 16.9 Å². The minimum absolute atomic E-state index is 0.105. The normalized spacial score (nSPS) is 10.9. The maximum atomic E-state index is 12.3. The third-order valence-corrected chi connectivity index (χ3v) is 5.65. The molecule has 0 aliphatic heterocycles. The van der Waals surface area contributed by atoms with Crippen molar-refractivity contribution >= 4 is 17.7 Å². The van der Waals surface area contributed by atoms with Crippen LogP contribution in [0.5, 0.6) is 0 Å². The number of thioether (sulfide) groups is 1. The molecule has 1 aromatic carbocycles. The van der Waals surface area contributed by atoms with Crippen LogP contribution in [0.15, 0.2) is 70.6 Å². The van der Waals surface area contributed by atoms with Gasteiger partial charge in [-0.2, -0.15) is 0 Å². The number of nitrogens with zero attached hydrogens (tertiary/aromatic N) is 4. The van der Waals surface area contributed by atoms with Crippen LogP contribution >= 0.6 is 11.8 Å². The molecular weight excluding hydrogens is 398 g/mol. The molecule has 0 bridgehead atoms. The Morgan fingerprint density at radius 2 is 2.00 bits per heavy atom. The highest BCUT2D eigenvalue weighted by atomic mass is 32.2. The average molecular weight is 420 g/mol. The number of pyridine rings is 1. The fourth-order valence-corrected chi connectivity index (χ4v) is 3.77. The molecule has 152 valence electrons. The van der Waals surface area contributed by atoms with Crippen molar-refractivity contribution in [3.8, 4) is 17.2 Å². The first kappa shape index (κ1) is 19.9. The van der Waals surface area contributed by atoms with Crippen molar-refractivity contribution in [2.24, 2.45) is 0 Å². The van der Waals surface area contributed by atoms with Crippen LogP contribution in [0.4, 0.5) is 0 Å². The first-order valence-electron chi connectivity index (χ1n) is 9.49. The predicted octanol–water partition coefficient (Wildman–Crippen LogP) is 3.95. The summed E-state index contributed by atoms with van der Waals surface area (Å²) in [5.41, 5.74) is 3.98. The summed E-state index contributed by atoms with van der Waals surface area (Å²) in [6.07, 6.45) is 3.31. The van der Waals surface area contributed by atoms with Crippen LogP contribution in [-0.4, -0.2) is 31.4 Å². The van der Waals surface area contributed by atoms with E-state index in [-0.39, 0.29) is 11.7 Å². The van der Waals surface area contributed by atoms with Gasteiger partial charge in [0.15, 0.2) is 11.0 Å². The number of aromatic nitrogens is 4. The summed E-state index contributed by atoms with van der Waals surface area (Å²) >= 11 is 1.34. The Labute approximate surface area is 178 Å². The zero-order chi connectivity index (χ0) is 20.9. The van der Waals surface area contributed by atoms with Gasteiger partial charge in [0.05, 0.1) is 24.2 Å². The van der Waals surface area contributed by atoms with Crippen LogP contribution in [0.3, 0.4) is 0 Å². The quantitative estimate of drug-likeness (QED) is 0.457. The molecule has 0 saturated carbocycles. The van der Waals surface area contributed by atoms with Gasteiger partial charge in [0.2, 0.25) is 5.91 Å². The van der Waals surface area contributed by atoms with E-state index in [9.17, 15) is 4.79 Å². The third-order valence-electron chi connectivity index (χ3n) is 4.72. The summed E-state index contributed by atoms with van der Waals surface area (Å²) in [7, 11) is 0. The van der Waals surface area contributed by atoms with Gasteiger partial charge in [0.1, 0.15) is 11.5 Å². The Hall–Kier alpha value is -3.39. The number of furan rings is 1. The highest BCUT2D eigenvalue weighted by Gasteiger charge is 2.19. The zero-order valence-electron chi connectivity index (χ0n) is 16.7. The second-order valence-corrected chi connectivity index (χ2v) is 7.66. The maximum absolute atomic E-state index is 12.3. The summed E-state index contributed by atoms with van der Waals surface area (Å²) < 4.78 is 7.21. The van der Waals surface area contributed by atoms with E-state index in [1.807, 2.05) is 41.0 Å². The van der Waals surface area contributed by atoms with Crippen molar-refractivity contribution in [2.75, 3.05) is 5.75 Å². The van der Waals surface area contributed by atoms with Gasteiger partial charge in [-0.05, 0) is 55.3 Å². The summed E-state index contributed by atoms with van der Waals surface area (Å²) in [5.74, 6) is 1.46. The molecule has 4 rings (SSSR count). The highest BCUT2D eigenvalue weighted by molar-refractivity contribution is 7.99. The number of carbonyl (C=O) groups excluding carboxylic acids is 1. The van der Waals surface area contributed by atoms with Crippen molar-refractivity contribution in [1.29, 1.82) is 0 Å². The fourth-order valence-electron chi connectivity index (χ4n) is 3.00. The maximum Gasteiger partial charge on any atom is 0.230 e. The van der Waals surface area contributed by atoms with Gasteiger partial charge < -0.3 is 9.73 Å². The van der Waals surface area contributed by atoms with E-state index in [0.29, 0.717) is 23.3 Å². The average Bonchev–Trinajstić information content (AvgIpc) is 3.43. The van der Waals surface area contributed by atoms with Crippen LogP contribution in [0.25, 0.3) is 17.2 Å². The number of nitrogens with one attached hydrogen (secondary N) is 1. The summed E-state index contributed by atoms with van der Waals surface area (Å²) in [6.45, 7) is 4.49. The number of benzene rings is 1. The molecule has 0 aliphatic carbocycles. The number of rotatable bonds is 7. The molecule has 0 radical (unpaired) electrons. The molecule has 30 heavy (non-hydrogen) atoms. The topological polar surface area (TPSA) is 85.8 Å². The van der Waals surface area contributed by atoms with Crippen LogP contribution < -0.4 is 5.32 Å². The summed E-state index contributed by atoms with van der Waals surface area (Å²) in [5, 5.41) is 12.2. The number of aryl methyl sites for hydroxylation is 1. The van der Waals surface area contributed by atoms with E-state index in [4.69, 9.17) is 4.42 Å². The molecule has 7 nitrogen and oxygen atoms in total. The molecule has 3 aromatic heterocycles. The molecule has 3 heterocycles. The Morgan fingerprint density at radius 3 is 2.77 bits per heavy atom. The number of amides is 1. The van der Waals surface area contributed by atoms with Crippen molar-refractivity contribution < 1.29 is 9.21 Å². The fraction of sp³-hybridized carbons (Fsp3) is 0.182. The minimum atomic E-state index is -0.105. The Morgan fingerprint density at radius 1 is 1.10 bits per heavy atom. The van der Waals surface area contributed by atoms with Crippen molar-refractivity contribution in [1.82, 2.24) is 25.1 Å². The molecule has 0 saturated heterocycles. The lowest BCUT2D eigenvalue weighted by atomic mass is 10.1. The molecule has 0 unspecified atom stereocenters. The first-order chi connectivity index (χ1) is 14.6. The predicted molar refractivity (Wildman–Crippen MR) is 115 cm³/mol.